The van der Waals surface area contributed by atoms with Gasteiger partial charge in [0.1, 0.15) is 11.3 Å². The molecule has 0 fully saturated rings. The maximum Gasteiger partial charge on any atom is 0.262 e. The molecule has 0 aliphatic rings. The van der Waals surface area contributed by atoms with Crippen LogP contribution in [0.15, 0.2) is 71.1 Å². The third-order valence-electron chi connectivity index (χ3n) is 4.35. The van der Waals surface area contributed by atoms with E-state index >= 15 is 0 Å². The standard InChI is InChI=1S/C23H20N2O3/c1-15-3-10-19(11-4-15)27-14-22(26)24-18-8-6-17(7-9-18)23-25-20-13-16(2)5-12-21(20)28-23/h3-13H,14H2,1-2H3,(H,24,26). The first-order valence-corrected chi connectivity index (χ1v) is 9.04. The summed E-state index contributed by atoms with van der Waals surface area (Å²) >= 11 is 0. The van der Waals surface area contributed by atoms with Gasteiger partial charge in [-0.1, -0.05) is 23.8 Å². The van der Waals surface area contributed by atoms with Gasteiger partial charge < -0.3 is 14.5 Å². The zero-order chi connectivity index (χ0) is 19.5. The third kappa shape index (κ3) is 4.04. The van der Waals surface area contributed by atoms with Crippen molar-refractivity contribution in [3.63, 3.8) is 0 Å². The molecule has 1 aromatic heterocycles. The van der Waals surface area contributed by atoms with Crippen molar-refractivity contribution in [1.29, 1.82) is 0 Å². The fourth-order valence-corrected chi connectivity index (χ4v) is 2.84. The van der Waals surface area contributed by atoms with E-state index in [1.807, 2.05) is 80.6 Å². The Morgan fingerprint density at radius 1 is 0.964 bits per heavy atom. The molecule has 0 radical (unpaired) electrons. The number of oxazole rings is 1. The van der Waals surface area contributed by atoms with E-state index in [1.54, 1.807) is 0 Å². The largest absolute Gasteiger partial charge is 0.484 e. The van der Waals surface area contributed by atoms with Gasteiger partial charge in [-0.3, -0.25) is 4.79 Å². The lowest BCUT2D eigenvalue weighted by molar-refractivity contribution is -0.118. The SMILES string of the molecule is Cc1ccc(OCC(=O)Nc2ccc(-c3nc4cc(C)ccc4o3)cc2)cc1. The number of rotatable bonds is 5. The van der Waals surface area contributed by atoms with Crippen LogP contribution >= 0.6 is 0 Å². The van der Waals surface area contributed by atoms with Gasteiger partial charge in [0.05, 0.1) is 0 Å². The van der Waals surface area contributed by atoms with E-state index in [2.05, 4.69) is 10.3 Å². The second-order valence-corrected chi connectivity index (χ2v) is 6.72. The van der Waals surface area contributed by atoms with Gasteiger partial charge in [0.15, 0.2) is 12.2 Å². The minimum atomic E-state index is -0.217. The lowest BCUT2D eigenvalue weighted by Crippen LogP contribution is -2.20. The summed E-state index contributed by atoms with van der Waals surface area (Å²) in [6.45, 7) is 3.98. The van der Waals surface area contributed by atoms with Crippen molar-refractivity contribution in [3.8, 4) is 17.2 Å². The maximum absolute atomic E-state index is 12.1. The highest BCUT2D eigenvalue weighted by Gasteiger charge is 2.09. The number of nitrogens with one attached hydrogen (secondary N) is 1. The molecule has 1 amide bonds. The van der Waals surface area contributed by atoms with Gasteiger partial charge in [-0.05, 0) is 67.9 Å². The minimum Gasteiger partial charge on any atom is -0.484 e. The van der Waals surface area contributed by atoms with Crippen molar-refractivity contribution >= 4 is 22.7 Å². The van der Waals surface area contributed by atoms with Crippen LogP contribution in [-0.4, -0.2) is 17.5 Å². The van der Waals surface area contributed by atoms with Gasteiger partial charge in [-0.25, -0.2) is 4.98 Å². The molecule has 0 atom stereocenters. The van der Waals surface area contributed by atoms with E-state index in [0.29, 0.717) is 17.3 Å². The van der Waals surface area contributed by atoms with Gasteiger partial charge in [0.25, 0.3) is 5.91 Å². The summed E-state index contributed by atoms with van der Waals surface area (Å²) < 4.78 is 11.3. The highest BCUT2D eigenvalue weighted by molar-refractivity contribution is 5.92. The molecule has 140 valence electrons. The molecule has 4 rings (SSSR count). The molecule has 0 bridgehead atoms. The number of anilines is 1. The number of hydrogen-bond acceptors (Lipinski definition) is 4. The summed E-state index contributed by atoms with van der Waals surface area (Å²) in [6, 6.07) is 20.9. The van der Waals surface area contributed by atoms with E-state index in [-0.39, 0.29) is 12.5 Å². The van der Waals surface area contributed by atoms with Crippen LogP contribution in [0.5, 0.6) is 5.75 Å². The molecular weight excluding hydrogens is 352 g/mol. The van der Waals surface area contributed by atoms with Crippen LogP contribution in [0, 0.1) is 13.8 Å². The molecule has 0 aliphatic heterocycles. The summed E-state index contributed by atoms with van der Waals surface area (Å²) in [5.74, 6) is 1.01. The molecule has 4 aromatic rings. The van der Waals surface area contributed by atoms with E-state index in [9.17, 15) is 4.79 Å². The Hall–Kier alpha value is -3.60. The number of aromatic nitrogens is 1. The number of hydrogen-bond donors (Lipinski definition) is 1. The quantitative estimate of drug-likeness (QED) is 0.527. The molecule has 0 unspecified atom stereocenters. The van der Waals surface area contributed by atoms with Crippen LogP contribution in [0.3, 0.4) is 0 Å². The highest BCUT2D eigenvalue weighted by Crippen LogP contribution is 2.26. The Bertz CT molecular complexity index is 1110. The average Bonchev–Trinajstić information content (AvgIpc) is 3.11. The first kappa shape index (κ1) is 17.8. The number of ether oxygens (including phenoxy) is 1. The van der Waals surface area contributed by atoms with Crippen LogP contribution < -0.4 is 10.1 Å². The van der Waals surface area contributed by atoms with Gasteiger partial charge in [-0.2, -0.15) is 0 Å². The summed E-state index contributed by atoms with van der Waals surface area (Å²) in [5.41, 5.74) is 5.41. The second-order valence-electron chi connectivity index (χ2n) is 6.72. The zero-order valence-corrected chi connectivity index (χ0v) is 15.7. The number of nitrogens with zero attached hydrogens (tertiary/aromatic N) is 1. The zero-order valence-electron chi connectivity index (χ0n) is 15.7. The normalized spacial score (nSPS) is 10.8. The molecule has 5 nitrogen and oxygen atoms in total. The van der Waals surface area contributed by atoms with Crippen LogP contribution in [-0.2, 0) is 4.79 Å². The molecule has 0 saturated heterocycles. The number of amides is 1. The average molecular weight is 372 g/mol. The fraction of sp³-hybridized carbons (Fsp3) is 0.130. The lowest BCUT2D eigenvalue weighted by Gasteiger charge is -2.08. The monoisotopic (exact) mass is 372 g/mol. The van der Waals surface area contributed by atoms with Crippen LogP contribution in [0.2, 0.25) is 0 Å². The Kier molecular flexibility index (Phi) is 4.81. The van der Waals surface area contributed by atoms with Crippen molar-refractivity contribution in [2.45, 2.75) is 13.8 Å². The van der Waals surface area contributed by atoms with E-state index in [1.165, 1.54) is 0 Å². The van der Waals surface area contributed by atoms with Crippen molar-refractivity contribution < 1.29 is 13.9 Å². The van der Waals surface area contributed by atoms with Crippen molar-refractivity contribution in [2.75, 3.05) is 11.9 Å². The van der Waals surface area contributed by atoms with Gasteiger partial charge in [-0.15, -0.1) is 0 Å². The third-order valence-corrected chi connectivity index (χ3v) is 4.35. The molecule has 0 saturated carbocycles. The van der Waals surface area contributed by atoms with Crippen LogP contribution in [0.1, 0.15) is 11.1 Å². The van der Waals surface area contributed by atoms with E-state index in [4.69, 9.17) is 9.15 Å². The molecule has 3 aromatic carbocycles. The Balaban J connectivity index is 1.39. The summed E-state index contributed by atoms with van der Waals surface area (Å²) in [7, 11) is 0. The van der Waals surface area contributed by atoms with E-state index < -0.39 is 0 Å². The first-order valence-electron chi connectivity index (χ1n) is 9.04. The van der Waals surface area contributed by atoms with Gasteiger partial charge in [0.2, 0.25) is 5.89 Å². The first-order chi connectivity index (χ1) is 13.6. The second kappa shape index (κ2) is 7.56. The van der Waals surface area contributed by atoms with Crippen LogP contribution in [0.25, 0.3) is 22.6 Å². The molecular formula is C23H20N2O3. The maximum atomic E-state index is 12.1. The van der Waals surface area contributed by atoms with Crippen LogP contribution in [0.4, 0.5) is 5.69 Å². The Morgan fingerprint density at radius 3 is 2.43 bits per heavy atom. The number of carbonyl (C=O) groups excluding carboxylic acids is 1. The molecule has 1 N–H and O–H groups in total. The number of fused-ring (bicyclic) bond motifs is 1. The molecule has 1 heterocycles. The number of carbonyl (C=O) groups is 1. The smallest absolute Gasteiger partial charge is 0.262 e. The van der Waals surface area contributed by atoms with Crippen molar-refractivity contribution in [3.05, 3.63) is 77.9 Å². The topological polar surface area (TPSA) is 64.4 Å². The summed E-state index contributed by atoms with van der Waals surface area (Å²) in [6.07, 6.45) is 0. The Labute approximate surface area is 163 Å². The van der Waals surface area contributed by atoms with Crippen molar-refractivity contribution in [1.82, 2.24) is 4.98 Å². The van der Waals surface area contributed by atoms with Crippen molar-refractivity contribution in [2.24, 2.45) is 0 Å². The molecule has 0 aliphatic carbocycles. The number of benzene rings is 3. The van der Waals surface area contributed by atoms with E-state index in [0.717, 1.165) is 27.8 Å². The highest BCUT2D eigenvalue weighted by atomic mass is 16.5. The predicted molar refractivity (Wildman–Crippen MR) is 109 cm³/mol. The summed E-state index contributed by atoms with van der Waals surface area (Å²) in [5, 5.41) is 2.82. The van der Waals surface area contributed by atoms with Gasteiger partial charge >= 0.3 is 0 Å². The molecule has 28 heavy (non-hydrogen) atoms. The summed E-state index contributed by atoms with van der Waals surface area (Å²) in [4.78, 5) is 16.6. The van der Waals surface area contributed by atoms with Gasteiger partial charge in [0, 0.05) is 11.3 Å². The molecule has 5 heteroatoms. The number of aryl methyl sites for hydroxylation is 2. The lowest BCUT2D eigenvalue weighted by atomic mass is 10.2. The minimum absolute atomic E-state index is 0.0463. The Morgan fingerprint density at radius 2 is 1.68 bits per heavy atom. The molecule has 0 spiro atoms. The fourth-order valence-electron chi connectivity index (χ4n) is 2.84. The predicted octanol–water partition coefficient (Wildman–Crippen LogP) is 5.13.